The summed E-state index contributed by atoms with van der Waals surface area (Å²) >= 11 is 6.19. The molecule has 0 spiro atoms. The Labute approximate surface area is 182 Å². The third-order valence-corrected chi connectivity index (χ3v) is 4.74. The Kier molecular flexibility index (Phi) is 7.82. The van der Waals surface area contributed by atoms with Crippen molar-refractivity contribution in [1.29, 1.82) is 0 Å². The lowest BCUT2D eigenvalue weighted by Gasteiger charge is -2.13. The molecule has 0 atom stereocenters. The smallest absolute Gasteiger partial charge is 0.226 e. The number of hydrogen-bond acceptors (Lipinski definition) is 4. The highest BCUT2D eigenvalue weighted by Gasteiger charge is 2.08. The maximum absolute atomic E-state index is 11.9. The number of carbonyl (C=O) groups is 1. The van der Waals surface area contributed by atoms with Crippen LogP contribution >= 0.6 is 11.6 Å². The lowest BCUT2D eigenvalue weighted by molar-refractivity contribution is -0.118. The molecular weight excluding hydrogens is 398 g/mol. The Bertz CT molecular complexity index is 977. The van der Waals surface area contributed by atoms with E-state index in [0.29, 0.717) is 24.7 Å². The Morgan fingerprint density at radius 2 is 1.90 bits per heavy atom. The summed E-state index contributed by atoms with van der Waals surface area (Å²) in [6.45, 7) is 5.45. The third kappa shape index (κ3) is 6.58. The van der Waals surface area contributed by atoms with E-state index >= 15 is 0 Å². The first-order chi connectivity index (χ1) is 14.5. The van der Waals surface area contributed by atoms with Crippen LogP contribution in [0.3, 0.4) is 0 Å². The molecule has 0 aliphatic rings. The maximum atomic E-state index is 11.9. The number of nitrogens with one attached hydrogen (secondary N) is 2. The number of halogens is 1. The van der Waals surface area contributed by atoms with Gasteiger partial charge >= 0.3 is 0 Å². The zero-order chi connectivity index (χ0) is 21.3. The van der Waals surface area contributed by atoms with E-state index in [1.54, 1.807) is 12.4 Å². The van der Waals surface area contributed by atoms with Crippen LogP contribution in [0.15, 0.2) is 67.0 Å². The number of carbonyl (C=O) groups excluding carboxylic acids is 1. The molecule has 0 aliphatic carbocycles. The Morgan fingerprint density at radius 3 is 2.67 bits per heavy atom. The van der Waals surface area contributed by atoms with Crippen molar-refractivity contribution in [2.45, 2.75) is 33.5 Å². The molecule has 0 radical (unpaired) electrons. The molecule has 1 aromatic heterocycles. The normalized spacial score (nSPS) is 10.8. The van der Waals surface area contributed by atoms with Crippen LogP contribution in [0.4, 0.5) is 5.69 Å². The van der Waals surface area contributed by atoms with Crippen molar-refractivity contribution in [2.75, 3.05) is 5.32 Å². The van der Waals surface area contributed by atoms with Crippen LogP contribution in [-0.4, -0.2) is 10.9 Å². The molecule has 0 bridgehead atoms. The maximum Gasteiger partial charge on any atom is 0.226 e. The van der Waals surface area contributed by atoms with Gasteiger partial charge in [0.1, 0.15) is 12.4 Å². The van der Waals surface area contributed by atoms with Gasteiger partial charge in [-0.25, -0.2) is 0 Å². The fourth-order valence-corrected chi connectivity index (χ4v) is 3.05. The first kappa shape index (κ1) is 21.8. The number of rotatable bonds is 9. The van der Waals surface area contributed by atoms with Gasteiger partial charge in [0.2, 0.25) is 5.91 Å². The first-order valence-electron chi connectivity index (χ1n) is 9.92. The minimum atomic E-state index is -0.0558. The lowest BCUT2D eigenvalue weighted by Crippen LogP contribution is -2.18. The third-order valence-electron chi connectivity index (χ3n) is 4.50. The van der Waals surface area contributed by atoms with E-state index in [1.807, 2.05) is 68.4 Å². The van der Waals surface area contributed by atoms with Gasteiger partial charge in [-0.1, -0.05) is 43.6 Å². The van der Waals surface area contributed by atoms with E-state index in [1.165, 1.54) is 0 Å². The minimum absolute atomic E-state index is 0.00874. The molecule has 2 N–H and O–H groups in total. The number of aromatic nitrogens is 1. The molecule has 1 heterocycles. The van der Waals surface area contributed by atoms with Gasteiger partial charge in [0.05, 0.1) is 0 Å². The van der Waals surface area contributed by atoms with E-state index in [-0.39, 0.29) is 11.8 Å². The predicted molar refractivity (Wildman–Crippen MR) is 120 cm³/mol. The molecule has 156 valence electrons. The topological polar surface area (TPSA) is 63.2 Å². The quantitative estimate of drug-likeness (QED) is 0.496. The van der Waals surface area contributed by atoms with Gasteiger partial charge in [0.15, 0.2) is 0 Å². The summed E-state index contributed by atoms with van der Waals surface area (Å²) in [5.74, 6) is 0.739. The number of ether oxygens (including phenoxy) is 1. The largest absolute Gasteiger partial charge is 0.489 e. The molecule has 3 aromatic rings. The summed E-state index contributed by atoms with van der Waals surface area (Å²) in [6.07, 6.45) is 3.53. The lowest BCUT2D eigenvalue weighted by atomic mass is 10.1. The first-order valence-corrected chi connectivity index (χ1v) is 10.3. The second kappa shape index (κ2) is 10.8. The van der Waals surface area contributed by atoms with Crippen molar-refractivity contribution in [3.8, 4) is 5.75 Å². The fraction of sp³-hybridized carbons (Fsp3) is 0.250. The standard InChI is InChI=1S/C24H26ClN3O2/c1-17(2)24(29)28-22-7-3-5-18(11-22)13-27-15-20-12-21(25)8-9-23(20)30-16-19-6-4-10-26-14-19/h3-12,14,17,27H,13,15-16H2,1-2H3,(H,28,29). The zero-order valence-corrected chi connectivity index (χ0v) is 17.9. The minimum Gasteiger partial charge on any atom is -0.489 e. The molecule has 0 aliphatic heterocycles. The van der Waals surface area contributed by atoms with Gasteiger partial charge in [-0.2, -0.15) is 0 Å². The summed E-state index contributed by atoms with van der Waals surface area (Å²) in [5.41, 5.74) is 3.87. The SMILES string of the molecule is CC(C)C(=O)Nc1cccc(CNCc2cc(Cl)ccc2OCc2cccnc2)c1. The van der Waals surface area contributed by atoms with Gasteiger partial charge in [-0.3, -0.25) is 9.78 Å². The number of nitrogens with zero attached hydrogens (tertiary/aromatic N) is 1. The van der Waals surface area contributed by atoms with Crippen molar-refractivity contribution in [2.24, 2.45) is 5.92 Å². The molecule has 0 saturated carbocycles. The summed E-state index contributed by atoms with van der Waals surface area (Å²) in [5, 5.41) is 7.02. The van der Waals surface area contributed by atoms with Crippen molar-refractivity contribution >= 4 is 23.2 Å². The molecule has 5 nitrogen and oxygen atoms in total. The van der Waals surface area contributed by atoms with Crippen molar-refractivity contribution < 1.29 is 9.53 Å². The predicted octanol–water partition coefficient (Wildman–Crippen LogP) is 5.20. The van der Waals surface area contributed by atoms with Crippen LogP contribution in [0.25, 0.3) is 0 Å². The van der Waals surface area contributed by atoms with Gasteiger partial charge in [-0.05, 0) is 42.0 Å². The molecular formula is C24H26ClN3O2. The van der Waals surface area contributed by atoms with E-state index < -0.39 is 0 Å². The van der Waals surface area contributed by atoms with Crippen LogP contribution in [-0.2, 0) is 24.5 Å². The highest BCUT2D eigenvalue weighted by molar-refractivity contribution is 6.30. The molecule has 0 unspecified atom stereocenters. The monoisotopic (exact) mass is 423 g/mol. The van der Waals surface area contributed by atoms with E-state index in [9.17, 15) is 4.79 Å². The molecule has 3 rings (SSSR count). The molecule has 6 heteroatoms. The Morgan fingerprint density at radius 1 is 1.07 bits per heavy atom. The van der Waals surface area contributed by atoms with E-state index in [0.717, 1.165) is 28.1 Å². The van der Waals surface area contributed by atoms with Crippen LogP contribution < -0.4 is 15.4 Å². The van der Waals surface area contributed by atoms with E-state index in [2.05, 4.69) is 15.6 Å². The van der Waals surface area contributed by atoms with E-state index in [4.69, 9.17) is 16.3 Å². The number of pyridine rings is 1. The average molecular weight is 424 g/mol. The van der Waals surface area contributed by atoms with Crippen LogP contribution in [0, 0.1) is 5.92 Å². The highest BCUT2D eigenvalue weighted by atomic mass is 35.5. The van der Waals surface area contributed by atoms with Crippen LogP contribution in [0.5, 0.6) is 5.75 Å². The fourth-order valence-electron chi connectivity index (χ4n) is 2.86. The number of hydrogen-bond donors (Lipinski definition) is 2. The zero-order valence-electron chi connectivity index (χ0n) is 17.2. The molecule has 0 saturated heterocycles. The summed E-state index contributed by atoms with van der Waals surface area (Å²) in [7, 11) is 0. The van der Waals surface area contributed by atoms with Crippen molar-refractivity contribution in [3.05, 3.63) is 88.7 Å². The van der Waals surface area contributed by atoms with Crippen molar-refractivity contribution in [1.82, 2.24) is 10.3 Å². The molecule has 1 amide bonds. The number of benzene rings is 2. The van der Waals surface area contributed by atoms with Gasteiger partial charge in [0, 0.05) is 53.2 Å². The van der Waals surface area contributed by atoms with Gasteiger partial charge < -0.3 is 15.4 Å². The molecule has 0 fully saturated rings. The van der Waals surface area contributed by atoms with Crippen molar-refractivity contribution in [3.63, 3.8) is 0 Å². The summed E-state index contributed by atoms with van der Waals surface area (Å²) in [6, 6.07) is 17.3. The Hall–Kier alpha value is -2.89. The molecule has 2 aromatic carbocycles. The summed E-state index contributed by atoms with van der Waals surface area (Å²) < 4.78 is 5.98. The second-order valence-corrected chi connectivity index (χ2v) is 7.79. The number of amides is 1. The van der Waals surface area contributed by atoms with Crippen LogP contribution in [0.2, 0.25) is 5.02 Å². The van der Waals surface area contributed by atoms with Gasteiger partial charge in [0.25, 0.3) is 0 Å². The summed E-state index contributed by atoms with van der Waals surface area (Å²) in [4.78, 5) is 16.0. The Balaban J connectivity index is 1.59. The van der Waals surface area contributed by atoms with Crippen LogP contribution in [0.1, 0.15) is 30.5 Å². The second-order valence-electron chi connectivity index (χ2n) is 7.35. The average Bonchev–Trinajstić information content (AvgIpc) is 2.74. The molecule has 30 heavy (non-hydrogen) atoms. The van der Waals surface area contributed by atoms with Gasteiger partial charge in [-0.15, -0.1) is 0 Å². The number of anilines is 1. The highest BCUT2D eigenvalue weighted by Crippen LogP contribution is 2.24.